The van der Waals surface area contributed by atoms with Gasteiger partial charge in [0.2, 0.25) is 0 Å². The minimum Gasteiger partial charge on any atom is -0.314 e. The first-order chi connectivity index (χ1) is 8.55. The first kappa shape index (κ1) is 14.3. The highest BCUT2D eigenvalue weighted by Gasteiger charge is 2.30. The van der Waals surface area contributed by atoms with E-state index in [2.05, 4.69) is 31.0 Å². The maximum Gasteiger partial charge on any atom is 0.00724 e. The van der Waals surface area contributed by atoms with Crippen LogP contribution in [0.25, 0.3) is 0 Å². The fraction of sp³-hybridized carbons (Fsp3) is 1.00. The van der Waals surface area contributed by atoms with Gasteiger partial charge in [-0.1, -0.05) is 27.2 Å². The summed E-state index contributed by atoms with van der Waals surface area (Å²) in [7, 11) is 0. The predicted octanol–water partition coefficient (Wildman–Crippen LogP) is 3.28. The molecule has 0 aromatic carbocycles. The van der Waals surface area contributed by atoms with Crippen LogP contribution in [0.1, 0.15) is 59.3 Å². The van der Waals surface area contributed by atoms with Gasteiger partial charge < -0.3 is 10.2 Å². The number of nitrogens with one attached hydrogen (secondary N) is 1. The van der Waals surface area contributed by atoms with Gasteiger partial charge in [-0.3, -0.25) is 0 Å². The molecule has 2 aliphatic rings. The third-order valence-corrected chi connectivity index (χ3v) is 4.74. The molecule has 2 rings (SSSR count). The van der Waals surface area contributed by atoms with Crippen molar-refractivity contribution in [3.05, 3.63) is 0 Å². The van der Waals surface area contributed by atoms with E-state index in [1.54, 1.807) is 0 Å². The monoisotopic (exact) mass is 252 g/mol. The minimum absolute atomic E-state index is 0.577. The second kappa shape index (κ2) is 6.38. The highest BCUT2D eigenvalue weighted by atomic mass is 15.1. The summed E-state index contributed by atoms with van der Waals surface area (Å²) in [6.45, 7) is 12.4. The highest BCUT2D eigenvalue weighted by Crippen LogP contribution is 2.36. The molecule has 1 N–H and O–H groups in total. The molecular formula is C16H32N2. The van der Waals surface area contributed by atoms with E-state index in [0.717, 1.165) is 12.0 Å². The van der Waals surface area contributed by atoms with E-state index >= 15 is 0 Å². The SMILES string of the molecule is CC(CNC1CCC(C)(C)C1)CN1CCCCC1. The fourth-order valence-corrected chi connectivity index (χ4v) is 3.63. The third kappa shape index (κ3) is 4.55. The molecule has 0 radical (unpaired) electrons. The number of nitrogens with zero attached hydrogens (tertiary/aromatic N) is 1. The molecular weight excluding hydrogens is 220 g/mol. The summed E-state index contributed by atoms with van der Waals surface area (Å²) in [5.74, 6) is 0.798. The van der Waals surface area contributed by atoms with Crippen LogP contribution in [-0.2, 0) is 0 Å². The lowest BCUT2D eigenvalue weighted by atomic mass is 9.92. The molecule has 0 amide bonds. The van der Waals surface area contributed by atoms with E-state index < -0.39 is 0 Å². The minimum atomic E-state index is 0.577. The molecule has 1 saturated carbocycles. The first-order valence-electron chi connectivity index (χ1n) is 8.01. The molecule has 2 heteroatoms. The van der Waals surface area contributed by atoms with Crippen LogP contribution in [0.4, 0.5) is 0 Å². The van der Waals surface area contributed by atoms with Gasteiger partial charge in [-0.15, -0.1) is 0 Å². The summed E-state index contributed by atoms with van der Waals surface area (Å²) in [6.07, 6.45) is 8.41. The van der Waals surface area contributed by atoms with Gasteiger partial charge in [-0.05, 0) is 63.1 Å². The van der Waals surface area contributed by atoms with Crippen molar-refractivity contribution in [3.63, 3.8) is 0 Å². The molecule has 1 aliphatic heterocycles. The van der Waals surface area contributed by atoms with E-state index in [0.29, 0.717) is 5.41 Å². The van der Waals surface area contributed by atoms with Crippen molar-refractivity contribution in [2.24, 2.45) is 11.3 Å². The Labute approximate surface area is 114 Å². The predicted molar refractivity (Wildman–Crippen MR) is 78.9 cm³/mol. The van der Waals surface area contributed by atoms with Crippen molar-refractivity contribution in [1.29, 1.82) is 0 Å². The van der Waals surface area contributed by atoms with E-state index in [1.807, 2.05) is 0 Å². The second-order valence-corrected chi connectivity index (χ2v) is 7.48. The molecule has 18 heavy (non-hydrogen) atoms. The van der Waals surface area contributed by atoms with Gasteiger partial charge >= 0.3 is 0 Å². The molecule has 2 nitrogen and oxygen atoms in total. The normalized spacial score (nSPS) is 30.5. The van der Waals surface area contributed by atoms with Crippen molar-refractivity contribution in [1.82, 2.24) is 10.2 Å². The Morgan fingerprint density at radius 1 is 1.22 bits per heavy atom. The third-order valence-electron chi connectivity index (χ3n) is 4.74. The Balaban J connectivity index is 1.61. The number of likely N-dealkylation sites (tertiary alicyclic amines) is 1. The second-order valence-electron chi connectivity index (χ2n) is 7.48. The van der Waals surface area contributed by atoms with Crippen LogP contribution in [0, 0.1) is 11.3 Å². The quantitative estimate of drug-likeness (QED) is 0.808. The average molecular weight is 252 g/mol. The fourth-order valence-electron chi connectivity index (χ4n) is 3.63. The number of hydrogen-bond acceptors (Lipinski definition) is 2. The van der Waals surface area contributed by atoms with Gasteiger partial charge in [0.15, 0.2) is 0 Å². The van der Waals surface area contributed by atoms with Crippen molar-refractivity contribution in [3.8, 4) is 0 Å². The topological polar surface area (TPSA) is 15.3 Å². The molecule has 0 spiro atoms. The van der Waals surface area contributed by atoms with Gasteiger partial charge in [0.1, 0.15) is 0 Å². The van der Waals surface area contributed by atoms with Crippen LogP contribution in [0.15, 0.2) is 0 Å². The number of hydrogen-bond donors (Lipinski definition) is 1. The molecule has 0 aromatic heterocycles. The van der Waals surface area contributed by atoms with Crippen LogP contribution < -0.4 is 5.32 Å². The van der Waals surface area contributed by atoms with Gasteiger partial charge in [0.05, 0.1) is 0 Å². The Bertz CT molecular complexity index is 243. The van der Waals surface area contributed by atoms with Crippen molar-refractivity contribution in [2.75, 3.05) is 26.2 Å². The van der Waals surface area contributed by atoms with Gasteiger partial charge in [-0.25, -0.2) is 0 Å². The van der Waals surface area contributed by atoms with E-state index in [4.69, 9.17) is 0 Å². The molecule has 0 aromatic rings. The number of rotatable bonds is 5. The standard InChI is InChI=1S/C16H32N2/c1-14(13-18-9-5-4-6-10-18)12-17-15-7-8-16(2,3)11-15/h14-15,17H,4-13H2,1-3H3. The van der Waals surface area contributed by atoms with Crippen LogP contribution in [0.2, 0.25) is 0 Å². The maximum absolute atomic E-state index is 3.80. The van der Waals surface area contributed by atoms with Crippen molar-refractivity contribution in [2.45, 2.75) is 65.3 Å². The zero-order valence-corrected chi connectivity index (χ0v) is 12.7. The van der Waals surface area contributed by atoms with Crippen LogP contribution in [-0.4, -0.2) is 37.1 Å². The van der Waals surface area contributed by atoms with Gasteiger partial charge in [0.25, 0.3) is 0 Å². The molecule has 2 fully saturated rings. The van der Waals surface area contributed by atoms with Crippen LogP contribution in [0.3, 0.4) is 0 Å². The van der Waals surface area contributed by atoms with Crippen LogP contribution in [0.5, 0.6) is 0 Å². The smallest absolute Gasteiger partial charge is 0.00724 e. The lowest BCUT2D eigenvalue weighted by Gasteiger charge is -2.29. The lowest BCUT2D eigenvalue weighted by Crippen LogP contribution is -2.38. The summed E-state index contributed by atoms with van der Waals surface area (Å²) in [5.41, 5.74) is 0.577. The molecule has 2 atom stereocenters. The summed E-state index contributed by atoms with van der Waals surface area (Å²) >= 11 is 0. The largest absolute Gasteiger partial charge is 0.314 e. The Morgan fingerprint density at radius 2 is 1.94 bits per heavy atom. The Hall–Kier alpha value is -0.0800. The molecule has 1 heterocycles. The highest BCUT2D eigenvalue weighted by molar-refractivity contribution is 4.86. The molecule has 1 saturated heterocycles. The average Bonchev–Trinajstić information content (AvgIpc) is 2.68. The number of piperidine rings is 1. The first-order valence-corrected chi connectivity index (χ1v) is 8.01. The molecule has 1 aliphatic carbocycles. The summed E-state index contributed by atoms with van der Waals surface area (Å²) in [5, 5.41) is 3.80. The Kier molecular flexibility index (Phi) is 5.08. The van der Waals surface area contributed by atoms with E-state index in [1.165, 1.54) is 64.7 Å². The summed E-state index contributed by atoms with van der Waals surface area (Å²) in [4.78, 5) is 2.66. The summed E-state index contributed by atoms with van der Waals surface area (Å²) < 4.78 is 0. The van der Waals surface area contributed by atoms with Gasteiger partial charge in [0, 0.05) is 12.6 Å². The maximum atomic E-state index is 3.80. The van der Waals surface area contributed by atoms with Crippen molar-refractivity contribution < 1.29 is 0 Å². The lowest BCUT2D eigenvalue weighted by molar-refractivity contribution is 0.197. The van der Waals surface area contributed by atoms with Gasteiger partial charge in [-0.2, -0.15) is 0 Å². The zero-order valence-electron chi connectivity index (χ0n) is 12.7. The molecule has 0 bridgehead atoms. The van der Waals surface area contributed by atoms with E-state index in [-0.39, 0.29) is 0 Å². The summed E-state index contributed by atoms with van der Waals surface area (Å²) in [6, 6.07) is 0.781. The van der Waals surface area contributed by atoms with Crippen molar-refractivity contribution >= 4 is 0 Å². The zero-order chi connectivity index (χ0) is 13.0. The molecule has 106 valence electrons. The Morgan fingerprint density at radius 3 is 2.56 bits per heavy atom. The van der Waals surface area contributed by atoms with Crippen LogP contribution >= 0.6 is 0 Å². The molecule has 2 unspecified atom stereocenters. The van der Waals surface area contributed by atoms with E-state index in [9.17, 15) is 0 Å².